The van der Waals surface area contributed by atoms with Gasteiger partial charge in [-0.2, -0.15) is 8.42 Å². The van der Waals surface area contributed by atoms with Gasteiger partial charge in [0.05, 0.1) is 4.90 Å². The van der Waals surface area contributed by atoms with Gasteiger partial charge in [-0.15, -0.1) is 0 Å². The van der Waals surface area contributed by atoms with Gasteiger partial charge in [-0.1, -0.05) is 96.3 Å². The van der Waals surface area contributed by atoms with Gasteiger partial charge in [-0.05, 0) is 59.7 Å². The molecule has 0 aliphatic carbocycles. The van der Waals surface area contributed by atoms with Gasteiger partial charge in [0.1, 0.15) is 0 Å². The number of benzene rings is 2. The highest BCUT2D eigenvalue weighted by atomic mass is 32.2. The molecule has 0 unspecified atom stereocenters. The monoisotopic (exact) mass is 432 g/mol. The molecule has 0 amide bonds. The zero-order chi connectivity index (χ0) is 21.8. The predicted octanol–water partition coefficient (Wildman–Crippen LogP) is 7.89. The first-order valence-corrected chi connectivity index (χ1v) is 13.4. The van der Waals surface area contributed by atoms with Crippen molar-refractivity contribution in [1.29, 1.82) is 0 Å². The van der Waals surface area contributed by atoms with Crippen LogP contribution in [-0.4, -0.2) is 13.0 Å². The highest BCUT2D eigenvalue weighted by Gasteiger charge is 2.12. The summed E-state index contributed by atoms with van der Waals surface area (Å²) >= 11 is 0. The summed E-state index contributed by atoms with van der Waals surface area (Å²) in [6, 6.07) is 9.47. The van der Waals surface area contributed by atoms with Gasteiger partial charge in [0.15, 0.2) is 0 Å². The van der Waals surface area contributed by atoms with Crippen LogP contribution in [0.4, 0.5) is 0 Å². The van der Waals surface area contributed by atoms with Crippen LogP contribution in [0, 0.1) is 0 Å². The van der Waals surface area contributed by atoms with Crippen LogP contribution >= 0.6 is 0 Å². The molecular formula is C26H40O3S. The van der Waals surface area contributed by atoms with Crippen molar-refractivity contribution in [3.63, 3.8) is 0 Å². The minimum atomic E-state index is -4.18. The first-order valence-electron chi connectivity index (χ1n) is 12.0. The third kappa shape index (κ3) is 8.39. The van der Waals surface area contributed by atoms with Crippen molar-refractivity contribution in [2.75, 3.05) is 0 Å². The number of aryl methyl sites for hydroxylation is 2. The van der Waals surface area contributed by atoms with Crippen molar-refractivity contribution in [2.24, 2.45) is 0 Å². The van der Waals surface area contributed by atoms with Gasteiger partial charge in [-0.3, -0.25) is 4.55 Å². The van der Waals surface area contributed by atoms with Crippen LogP contribution < -0.4 is 0 Å². The lowest BCUT2D eigenvalue weighted by molar-refractivity contribution is 0.483. The van der Waals surface area contributed by atoms with Crippen LogP contribution in [0.2, 0.25) is 0 Å². The van der Waals surface area contributed by atoms with E-state index in [9.17, 15) is 13.0 Å². The number of fused-ring (bicyclic) bond motifs is 1. The van der Waals surface area contributed by atoms with Crippen LogP contribution in [0.3, 0.4) is 0 Å². The van der Waals surface area contributed by atoms with E-state index in [0.717, 1.165) is 30.0 Å². The molecule has 0 saturated heterocycles. The van der Waals surface area contributed by atoms with Crippen molar-refractivity contribution in [2.45, 2.75) is 109 Å². The molecule has 2 rings (SSSR count). The normalized spacial score (nSPS) is 12.0. The lowest BCUT2D eigenvalue weighted by Gasteiger charge is -2.12. The standard InChI is InChI=1S/C26H40O3S/c1-3-5-7-9-11-13-15-22-19-23(16-14-12-10-8-6-4-2)26-21-25(30(27,28)29)18-17-24(26)20-22/h17-21H,3-16H2,1-2H3,(H,27,28,29). The lowest BCUT2D eigenvalue weighted by atomic mass is 9.94. The van der Waals surface area contributed by atoms with Crippen LogP contribution in [-0.2, 0) is 23.0 Å². The highest BCUT2D eigenvalue weighted by Crippen LogP contribution is 2.27. The van der Waals surface area contributed by atoms with Gasteiger partial charge >= 0.3 is 0 Å². The summed E-state index contributed by atoms with van der Waals surface area (Å²) < 4.78 is 32.7. The fraction of sp³-hybridized carbons (Fsp3) is 0.615. The van der Waals surface area contributed by atoms with E-state index in [-0.39, 0.29) is 4.90 Å². The SMILES string of the molecule is CCCCCCCCc1cc(CCCCCCCC)c2cc(S(=O)(=O)O)ccc2c1. The van der Waals surface area contributed by atoms with Crippen LogP contribution in [0.1, 0.15) is 102 Å². The zero-order valence-electron chi connectivity index (χ0n) is 19.0. The number of hydrogen-bond acceptors (Lipinski definition) is 2. The maximum Gasteiger partial charge on any atom is 0.294 e. The molecule has 0 aliphatic rings. The summed E-state index contributed by atoms with van der Waals surface area (Å²) in [4.78, 5) is -0.0112. The Hall–Kier alpha value is -1.39. The highest BCUT2D eigenvalue weighted by molar-refractivity contribution is 7.85. The van der Waals surface area contributed by atoms with Gasteiger partial charge in [0.2, 0.25) is 0 Å². The van der Waals surface area contributed by atoms with Crippen LogP contribution in [0.15, 0.2) is 35.2 Å². The fourth-order valence-corrected chi connectivity index (χ4v) is 4.71. The summed E-state index contributed by atoms with van der Waals surface area (Å²) in [6.45, 7) is 4.47. The Labute approximate surface area is 184 Å². The molecule has 0 aromatic heterocycles. The molecule has 30 heavy (non-hydrogen) atoms. The smallest absolute Gasteiger partial charge is 0.282 e. The average Bonchev–Trinajstić information content (AvgIpc) is 2.72. The maximum atomic E-state index is 11.6. The predicted molar refractivity (Wildman–Crippen MR) is 128 cm³/mol. The van der Waals surface area contributed by atoms with E-state index < -0.39 is 10.1 Å². The Morgan fingerprint density at radius 2 is 1.27 bits per heavy atom. The third-order valence-electron chi connectivity index (χ3n) is 5.99. The molecule has 0 fully saturated rings. The summed E-state index contributed by atoms with van der Waals surface area (Å²) in [7, 11) is -4.18. The Morgan fingerprint density at radius 3 is 1.87 bits per heavy atom. The number of unbranched alkanes of at least 4 members (excludes halogenated alkanes) is 10. The molecule has 0 bridgehead atoms. The van der Waals surface area contributed by atoms with Gasteiger partial charge in [0.25, 0.3) is 10.1 Å². The van der Waals surface area contributed by atoms with E-state index >= 15 is 0 Å². The van der Waals surface area contributed by atoms with E-state index in [4.69, 9.17) is 0 Å². The lowest BCUT2D eigenvalue weighted by Crippen LogP contribution is -1.99. The molecule has 0 radical (unpaired) electrons. The largest absolute Gasteiger partial charge is 0.294 e. The number of hydrogen-bond donors (Lipinski definition) is 1. The molecule has 2 aromatic rings. The Morgan fingerprint density at radius 1 is 0.700 bits per heavy atom. The van der Waals surface area contributed by atoms with Crippen molar-refractivity contribution in [3.05, 3.63) is 41.5 Å². The van der Waals surface area contributed by atoms with E-state index in [2.05, 4.69) is 26.0 Å². The third-order valence-corrected chi connectivity index (χ3v) is 6.84. The maximum absolute atomic E-state index is 11.6. The fourth-order valence-electron chi connectivity index (χ4n) is 4.20. The van der Waals surface area contributed by atoms with Crippen LogP contribution in [0.25, 0.3) is 10.8 Å². The molecule has 0 heterocycles. The Balaban J connectivity index is 2.12. The molecule has 0 aliphatic heterocycles. The second-order valence-corrected chi connectivity index (χ2v) is 10.1. The molecule has 0 saturated carbocycles. The molecule has 4 heteroatoms. The molecule has 1 N–H and O–H groups in total. The van der Waals surface area contributed by atoms with E-state index in [1.54, 1.807) is 6.07 Å². The average molecular weight is 433 g/mol. The van der Waals surface area contributed by atoms with Gasteiger partial charge in [0, 0.05) is 0 Å². The first-order chi connectivity index (χ1) is 14.5. The van der Waals surface area contributed by atoms with E-state index in [1.807, 2.05) is 6.07 Å². The minimum Gasteiger partial charge on any atom is -0.282 e. The van der Waals surface area contributed by atoms with Crippen molar-refractivity contribution < 1.29 is 13.0 Å². The zero-order valence-corrected chi connectivity index (χ0v) is 19.8. The van der Waals surface area contributed by atoms with Gasteiger partial charge < -0.3 is 0 Å². The van der Waals surface area contributed by atoms with Gasteiger partial charge in [-0.25, -0.2) is 0 Å². The van der Waals surface area contributed by atoms with Crippen molar-refractivity contribution in [3.8, 4) is 0 Å². The quantitative estimate of drug-likeness (QED) is 0.230. The number of rotatable bonds is 15. The summed E-state index contributed by atoms with van der Waals surface area (Å²) in [5.74, 6) is 0. The summed E-state index contributed by atoms with van der Waals surface area (Å²) in [5.41, 5.74) is 2.56. The Bertz CT molecular complexity index is 871. The van der Waals surface area contributed by atoms with E-state index in [0.29, 0.717) is 0 Å². The molecule has 0 atom stereocenters. The topological polar surface area (TPSA) is 54.4 Å². The Kier molecular flexibility index (Phi) is 10.9. The van der Waals surface area contributed by atoms with Crippen molar-refractivity contribution >= 4 is 20.9 Å². The molecule has 3 nitrogen and oxygen atoms in total. The molecule has 2 aromatic carbocycles. The molecular weight excluding hydrogens is 392 g/mol. The molecule has 168 valence electrons. The second-order valence-electron chi connectivity index (χ2n) is 8.65. The summed E-state index contributed by atoms with van der Waals surface area (Å²) in [6.07, 6.45) is 17.2. The van der Waals surface area contributed by atoms with E-state index in [1.165, 1.54) is 87.8 Å². The minimum absolute atomic E-state index is 0.0112. The second kappa shape index (κ2) is 13.1. The van der Waals surface area contributed by atoms with Crippen molar-refractivity contribution in [1.82, 2.24) is 0 Å². The first kappa shape index (κ1) is 24.9. The molecule has 0 spiro atoms. The summed E-state index contributed by atoms with van der Waals surface area (Å²) in [5, 5.41) is 2.04. The van der Waals surface area contributed by atoms with Crippen LogP contribution in [0.5, 0.6) is 0 Å².